The van der Waals surface area contributed by atoms with Crippen LogP contribution in [0.3, 0.4) is 0 Å². The molecule has 2 atom stereocenters. The van der Waals surface area contributed by atoms with Crippen molar-refractivity contribution in [2.75, 3.05) is 6.54 Å². The largest absolute Gasteiger partial charge is 0.524 e. The van der Waals surface area contributed by atoms with Crippen molar-refractivity contribution in [1.29, 1.82) is 0 Å². The maximum Gasteiger partial charge on any atom is 0.524 e. The van der Waals surface area contributed by atoms with Crippen molar-refractivity contribution in [2.45, 2.75) is 44.7 Å². The van der Waals surface area contributed by atoms with Gasteiger partial charge in [0.1, 0.15) is 17.8 Å². The first kappa shape index (κ1) is 29.5. The summed E-state index contributed by atoms with van der Waals surface area (Å²) in [6.07, 6.45) is 0.0215. The highest BCUT2D eigenvalue weighted by Gasteiger charge is 2.27. The smallest absolute Gasteiger partial charge is 0.481 e. The second kappa shape index (κ2) is 14.1. The van der Waals surface area contributed by atoms with Gasteiger partial charge in [-0.05, 0) is 36.1 Å². The number of phosphoric ester groups is 1. The first-order valence-electron chi connectivity index (χ1n) is 11.4. The third-order valence-electron chi connectivity index (χ3n) is 5.12. The van der Waals surface area contributed by atoms with Crippen molar-refractivity contribution in [3.05, 3.63) is 65.7 Å². The quantitative estimate of drug-likeness (QED) is 0.191. The summed E-state index contributed by atoms with van der Waals surface area (Å²) in [5.74, 6) is -2.97. The van der Waals surface area contributed by atoms with Crippen LogP contribution in [-0.4, -0.2) is 57.2 Å². The van der Waals surface area contributed by atoms with Gasteiger partial charge >= 0.3 is 13.8 Å². The van der Waals surface area contributed by atoms with E-state index >= 15 is 0 Å². The highest BCUT2D eigenvalue weighted by molar-refractivity contribution is 7.46. The highest BCUT2D eigenvalue weighted by atomic mass is 31.2. The third kappa shape index (κ3) is 11.7. The third-order valence-corrected chi connectivity index (χ3v) is 5.57. The molecule has 13 heteroatoms. The monoisotopic (exact) mass is 535 g/mol. The van der Waals surface area contributed by atoms with Crippen LogP contribution in [0.15, 0.2) is 54.6 Å². The molecule has 0 aliphatic rings. The Kier molecular flexibility index (Phi) is 11.3. The fourth-order valence-corrected chi connectivity index (χ4v) is 3.82. The molecule has 2 aromatic rings. The number of aliphatic carboxylic acids is 1. The average Bonchev–Trinajstić information content (AvgIpc) is 2.81. The topological polar surface area (TPSA) is 191 Å². The van der Waals surface area contributed by atoms with E-state index in [9.17, 15) is 23.7 Å². The van der Waals surface area contributed by atoms with Crippen LogP contribution >= 0.6 is 7.82 Å². The van der Waals surface area contributed by atoms with E-state index in [0.717, 1.165) is 5.56 Å². The lowest BCUT2D eigenvalue weighted by molar-refractivity contribution is -0.138. The van der Waals surface area contributed by atoms with Crippen LogP contribution in [-0.2, 0) is 36.6 Å². The normalized spacial score (nSPS) is 12.6. The van der Waals surface area contributed by atoms with Crippen LogP contribution in [0.25, 0.3) is 0 Å². The molecule has 0 saturated heterocycles. The van der Waals surface area contributed by atoms with Gasteiger partial charge in [-0.3, -0.25) is 29.0 Å². The van der Waals surface area contributed by atoms with E-state index in [1.165, 1.54) is 31.2 Å². The molecular formula is C24H30N3O9P. The number of phosphoric acid groups is 1. The molecule has 0 aromatic heterocycles. The Morgan fingerprint density at radius 3 is 2.11 bits per heavy atom. The Balaban J connectivity index is 2.07. The average molecular weight is 535 g/mol. The molecule has 0 fully saturated rings. The molecule has 0 unspecified atom stereocenters. The Morgan fingerprint density at radius 1 is 0.892 bits per heavy atom. The van der Waals surface area contributed by atoms with E-state index in [0.29, 0.717) is 12.0 Å². The maximum atomic E-state index is 13.0. The number of hydrogen-bond donors (Lipinski definition) is 6. The first-order chi connectivity index (χ1) is 17.4. The molecule has 200 valence electrons. The van der Waals surface area contributed by atoms with E-state index in [-0.39, 0.29) is 31.6 Å². The number of carbonyl (C=O) groups is 4. The molecule has 3 amide bonds. The van der Waals surface area contributed by atoms with E-state index in [1.54, 1.807) is 0 Å². The molecule has 0 bridgehead atoms. The van der Waals surface area contributed by atoms with Crippen molar-refractivity contribution < 1.29 is 43.2 Å². The minimum absolute atomic E-state index is 0.0110. The number of amides is 3. The second-order valence-electron chi connectivity index (χ2n) is 8.20. The second-order valence-corrected chi connectivity index (χ2v) is 9.37. The Hall–Kier alpha value is -3.73. The molecule has 0 aliphatic heterocycles. The standard InChI is InChI=1S/C24H30N3O9P/c1-16(28)26-21(15-18-7-9-19(10-8-18)36-37(33,34)35)24(32)27-20(11-12-22(29)30)23(31)25-14-13-17-5-3-2-4-6-17/h2-10,20-21H,11-15H2,1H3,(H,25,31)(H,26,28)(H,27,32)(H,29,30)(H2,33,34,35)/t20-,21+/m0/s1. The number of carbonyl (C=O) groups excluding carboxylic acids is 3. The molecule has 0 radical (unpaired) electrons. The van der Waals surface area contributed by atoms with Crippen LogP contribution in [0, 0.1) is 0 Å². The van der Waals surface area contributed by atoms with Gasteiger partial charge < -0.3 is 25.6 Å². The summed E-state index contributed by atoms with van der Waals surface area (Å²) in [5.41, 5.74) is 1.53. The SMILES string of the molecule is CC(=O)N[C@H](Cc1ccc(OP(=O)(O)O)cc1)C(=O)N[C@@H](CCC(=O)O)C(=O)NCCc1ccccc1. The molecule has 0 aliphatic carbocycles. The van der Waals surface area contributed by atoms with Gasteiger partial charge in [0.2, 0.25) is 17.7 Å². The molecule has 0 spiro atoms. The molecule has 2 rings (SSSR count). The number of rotatable bonds is 14. The minimum Gasteiger partial charge on any atom is -0.481 e. The summed E-state index contributed by atoms with van der Waals surface area (Å²) < 4.78 is 15.5. The maximum absolute atomic E-state index is 13.0. The predicted octanol–water partition coefficient (Wildman–Crippen LogP) is 0.914. The van der Waals surface area contributed by atoms with Gasteiger partial charge in [0.05, 0.1) is 0 Å². The molecule has 6 N–H and O–H groups in total. The molecule has 12 nitrogen and oxygen atoms in total. The van der Waals surface area contributed by atoms with Gasteiger partial charge in [0.25, 0.3) is 0 Å². The Labute approximate surface area is 213 Å². The number of carboxylic acids is 1. The van der Waals surface area contributed by atoms with Gasteiger partial charge in [0, 0.05) is 26.3 Å². The lowest BCUT2D eigenvalue weighted by Gasteiger charge is -2.23. The summed E-state index contributed by atoms with van der Waals surface area (Å²) >= 11 is 0. The van der Waals surface area contributed by atoms with Crippen LogP contribution < -0.4 is 20.5 Å². The number of hydrogen-bond acceptors (Lipinski definition) is 6. The van der Waals surface area contributed by atoms with E-state index < -0.39 is 43.6 Å². The summed E-state index contributed by atoms with van der Waals surface area (Å²) in [6.45, 7) is 1.50. The predicted molar refractivity (Wildman–Crippen MR) is 132 cm³/mol. The van der Waals surface area contributed by atoms with Gasteiger partial charge in [-0.1, -0.05) is 42.5 Å². The number of carboxylic acid groups (broad SMARTS) is 1. The van der Waals surface area contributed by atoms with Crippen LogP contribution in [0.2, 0.25) is 0 Å². The van der Waals surface area contributed by atoms with Crippen LogP contribution in [0.1, 0.15) is 30.9 Å². The van der Waals surface area contributed by atoms with Gasteiger partial charge in [-0.15, -0.1) is 0 Å². The van der Waals surface area contributed by atoms with E-state index in [4.69, 9.17) is 14.9 Å². The van der Waals surface area contributed by atoms with Crippen LogP contribution in [0.5, 0.6) is 5.75 Å². The van der Waals surface area contributed by atoms with Crippen LogP contribution in [0.4, 0.5) is 0 Å². The summed E-state index contributed by atoms with van der Waals surface area (Å²) in [4.78, 5) is 66.4. The molecule has 0 saturated carbocycles. The van der Waals surface area contributed by atoms with Crippen molar-refractivity contribution >= 4 is 31.5 Å². The van der Waals surface area contributed by atoms with Crippen molar-refractivity contribution in [3.8, 4) is 5.75 Å². The van der Waals surface area contributed by atoms with Crippen molar-refractivity contribution in [3.63, 3.8) is 0 Å². The molecular weight excluding hydrogens is 505 g/mol. The number of benzene rings is 2. The molecule has 2 aromatic carbocycles. The number of nitrogens with one attached hydrogen (secondary N) is 3. The van der Waals surface area contributed by atoms with Gasteiger partial charge in [-0.25, -0.2) is 4.57 Å². The van der Waals surface area contributed by atoms with Gasteiger partial charge in [0.15, 0.2) is 0 Å². The summed E-state index contributed by atoms with van der Waals surface area (Å²) in [7, 11) is -4.73. The zero-order valence-corrected chi connectivity index (χ0v) is 21.0. The van der Waals surface area contributed by atoms with E-state index in [1.807, 2.05) is 30.3 Å². The van der Waals surface area contributed by atoms with Gasteiger partial charge in [-0.2, -0.15) is 0 Å². The minimum atomic E-state index is -4.73. The Bertz CT molecular complexity index is 1120. The lowest BCUT2D eigenvalue weighted by Crippen LogP contribution is -2.54. The zero-order valence-electron chi connectivity index (χ0n) is 20.1. The first-order valence-corrected chi connectivity index (χ1v) is 12.9. The van der Waals surface area contributed by atoms with Crippen molar-refractivity contribution in [2.24, 2.45) is 0 Å². The molecule has 0 heterocycles. The summed E-state index contributed by atoms with van der Waals surface area (Å²) in [5, 5.41) is 16.8. The summed E-state index contributed by atoms with van der Waals surface area (Å²) in [6, 6.07) is 12.7. The molecule has 37 heavy (non-hydrogen) atoms. The van der Waals surface area contributed by atoms with Crippen molar-refractivity contribution in [1.82, 2.24) is 16.0 Å². The zero-order chi connectivity index (χ0) is 27.4. The lowest BCUT2D eigenvalue weighted by atomic mass is 10.0. The fourth-order valence-electron chi connectivity index (χ4n) is 3.42. The van der Waals surface area contributed by atoms with E-state index in [2.05, 4.69) is 20.5 Å². The Morgan fingerprint density at radius 2 is 1.54 bits per heavy atom. The highest BCUT2D eigenvalue weighted by Crippen LogP contribution is 2.37. The fraction of sp³-hybridized carbons (Fsp3) is 0.333.